The lowest BCUT2D eigenvalue weighted by molar-refractivity contribution is -0.258. The summed E-state index contributed by atoms with van der Waals surface area (Å²) in [6.07, 6.45) is -4.88. The highest BCUT2D eigenvalue weighted by molar-refractivity contribution is 7.91. The van der Waals surface area contributed by atoms with Gasteiger partial charge in [0.1, 0.15) is 0 Å². The molecule has 0 bridgehead atoms. The van der Waals surface area contributed by atoms with E-state index in [1.165, 1.54) is 18.2 Å². The third kappa shape index (κ3) is 3.22. The van der Waals surface area contributed by atoms with Crippen molar-refractivity contribution in [3.63, 3.8) is 0 Å². The van der Waals surface area contributed by atoms with Gasteiger partial charge < -0.3 is 5.11 Å². The van der Waals surface area contributed by atoms with E-state index in [1.54, 1.807) is 6.07 Å². The molecular weight excluding hydrogens is 353 g/mol. The van der Waals surface area contributed by atoms with Gasteiger partial charge in [-0.25, -0.2) is 8.42 Å². The van der Waals surface area contributed by atoms with Gasteiger partial charge >= 0.3 is 6.18 Å². The second kappa shape index (κ2) is 5.81. The molecule has 23 heavy (non-hydrogen) atoms. The van der Waals surface area contributed by atoms with Gasteiger partial charge in [-0.3, -0.25) is 0 Å². The zero-order valence-corrected chi connectivity index (χ0v) is 13.4. The number of sulfone groups is 1. The molecule has 0 aliphatic heterocycles. The Hall–Kier alpha value is -1.57. The van der Waals surface area contributed by atoms with Crippen LogP contribution in [0.2, 0.25) is 5.02 Å². The summed E-state index contributed by atoms with van der Waals surface area (Å²) < 4.78 is 63.2. The maximum Gasteiger partial charge on any atom is 0.421 e. The van der Waals surface area contributed by atoms with Crippen molar-refractivity contribution in [2.24, 2.45) is 0 Å². The predicted molar refractivity (Wildman–Crippen MR) is 79.0 cm³/mol. The zero-order chi connectivity index (χ0) is 17.5. The molecule has 2 aromatic rings. The van der Waals surface area contributed by atoms with Crippen LogP contribution in [0.15, 0.2) is 58.3 Å². The van der Waals surface area contributed by atoms with Gasteiger partial charge in [0.2, 0.25) is 9.84 Å². The van der Waals surface area contributed by atoms with Gasteiger partial charge in [0, 0.05) is 0 Å². The topological polar surface area (TPSA) is 54.4 Å². The van der Waals surface area contributed by atoms with Crippen LogP contribution in [-0.4, -0.2) is 19.7 Å². The van der Waals surface area contributed by atoms with Crippen molar-refractivity contribution in [2.45, 2.75) is 28.5 Å². The van der Waals surface area contributed by atoms with Crippen LogP contribution < -0.4 is 0 Å². The van der Waals surface area contributed by atoms with Crippen LogP contribution in [0.5, 0.6) is 0 Å². The summed E-state index contributed by atoms with van der Waals surface area (Å²) in [5, 5.41) is 9.59. The molecule has 0 saturated heterocycles. The minimum absolute atomic E-state index is 0.0128. The van der Waals surface area contributed by atoms with Gasteiger partial charge in [-0.1, -0.05) is 35.9 Å². The Kier molecular flexibility index (Phi) is 4.49. The lowest BCUT2D eigenvalue weighted by Gasteiger charge is -2.26. The fourth-order valence-electron chi connectivity index (χ4n) is 1.91. The summed E-state index contributed by atoms with van der Waals surface area (Å²) >= 11 is 5.85. The monoisotopic (exact) mass is 364 g/mol. The molecule has 8 heteroatoms. The molecule has 0 aromatic heterocycles. The van der Waals surface area contributed by atoms with E-state index in [0.29, 0.717) is 6.92 Å². The molecular formula is C15H12ClF3O3S. The van der Waals surface area contributed by atoms with E-state index in [9.17, 15) is 26.7 Å². The highest BCUT2D eigenvalue weighted by Gasteiger charge is 2.51. The predicted octanol–water partition coefficient (Wildman–Crippen LogP) is 3.94. The minimum atomic E-state index is -4.88. The van der Waals surface area contributed by atoms with Crippen molar-refractivity contribution < 1.29 is 26.7 Å². The molecule has 0 aliphatic carbocycles. The molecule has 1 unspecified atom stereocenters. The van der Waals surface area contributed by atoms with E-state index in [2.05, 4.69) is 0 Å². The fraction of sp³-hybridized carbons (Fsp3) is 0.200. The van der Waals surface area contributed by atoms with Gasteiger partial charge in [0.15, 0.2) is 5.60 Å². The number of rotatable bonds is 3. The SMILES string of the molecule is CC(O)(c1ccc(S(=O)(=O)c2ccccc2Cl)cc1)C(F)(F)F. The quantitative estimate of drug-likeness (QED) is 0.897. The summed E-state index contributed by atoms with van der Waals surface area (Å²) in [6.45, 7) is 0.602. The first-order valence-electron chi connectivity index (χ1n) is 6.37. The van der Waals surface area contributed by atoms with Crippen LogP contribution in [0.25, 0.3) is 0 Å². The summed E-state index contributed by atoms with van der Waals surface area (Å²) in [5.41, 5.74) is -3.53. The van der Waals surface area contributed by atoms with Gasteiger partial charge in [-0.2, -0.15) is 13.2 Å². The third-order valence-electron chi connectivity index (χ3n) is 3.40. The van der Waals surface area contributed by atoms with Gasteiger partial charge in [0.05, 0.1) is 14.8 Å². The lowest BCUT2D eigenvalue weighted by atomic mass is 9.96. The van der Waals surface area contributed by atoms with Gasteiger partial charge in [0.25, 0.3) is 0 Å². The van der Waals surface area contributed by atoms with E-state index in [0.717, 1.165) is 24.3 Å². The molecule has 2 aromatic carbocycles. The Morgan fingerprint density at radius 1 is 1.00 bits per heavy atom. The van der Waals surface area contributed by atoms with E-state index < -0.39 is 27.2 Å². The summed E-state index contributed by atoms with van der Waals surface area (Å²) in [4.78, 5) is -0.357. The smallest absolute Gasteiger partial charge is 0.376 e. The minimum Gasteiger partial charge on any atom is -0.376 e. The largest absolute Gasteiger partial charge is 0.421 e. The highest BCUT2D eigenvalue weighted by atomic mass is 35.5. The maximum atomic E-state index is 12.8. The van der Waals surface area contributed by atoms with Crippen LogP contribution in [0, 0.1) is 0 Å². The Morgan fingerprint density at radius 2 is 1.52 bits per heavy atom. The first kappa shape index (κ1) is 17.8. The first-order valence-corrected chi connectivity index (χ1v) is 8.23. The van der Waals surface area contributed by atoms with Crippen molar-refractivity contribution in [1.82, 2.24) is 0 Å². The average molecular weight is 365 g/mol. The van der Waals surface area contributed by atoms with Crippen molar-refractivity contribution in [1.29, 1.82) is 0 Å². The zero-order valence-electron chi connectivity index (χ0n) is 11.8. The number of halogens is 4. The van der Waals surface area contributed by atoms with Crippen molar-refractivity contribution in [3.05, 3.63) is 59.1 Å². The summed E-state index contributed by atoms with van der Waals surface area (Å²) in [6, 6.07) is 9.62. The molecule has 0 saturated carbocycles. The van der Waals surface area contributed by atoms with E-state index in [4.69, 9.17) is 11.6 Å². The van der Waals surface area contributed by atoms with Crippen LogP contribution in [-0.2, 0) is 15.4 Å². The number of benzene rings is 2. The lowest BCUT2D eigenvalue weighted by Crippen LogP contribution is -2.39. The van der Waals surface area contributed by atoms with E-state index in [-0.39, 0.29) is 14.8 Å². The number of hydrogen-bond acceptors (Lipinski definition) is 3. The summed E-state index contributed by atoms with van der Waals surface area (Å²) in [5.74, 6) is 0. The average Bonchev–Trinajstić information content (AvgIpc) is 2.46. The molecule has 2 rings (SSSR count). The number of hydrogen-bond donors (Lipinski definition) is 1. The Labute approximate surface area is 136 Å². The highest BCUT2D eigenvalue weighted by Crippen LogP contribution is 2.39. The third-order valence-corrected chi connectivity index (χ3v) is 5.67. The van der Waals surface area contributed by atoms with E-state index >= 15 is 0 Å². The molecule has 0 heterocycles. The Bertz CT molecular complexity index is 813. The van der Waals surface area contributed by atoms with Gasteiger partial charge in [-0.15, -0.1) is 0 Å². The van der Waals surface area contributed by atoms with Crippen molar-refractivity contribution in [3.8, 4) is 0 Å². The maximum absolute atomic E-state index is 12.8. The normalized spacial score (nSPS) is 15.2. The summed E-state index contributed by atoms with van der Waals surface area (Å²) in [7, 11) is -3.96. The Morgan fingerprint density at radius 3 is 2.00 bits per heavy atom. The van der Waals surface area contributed by atoms with Crippen LogP contribution in [0.4, 0.5) is 13.2 Å². The van der Waals surface area contributed by atoms with Gasteiger partial charge in [-0.05, 0) is 36.8 Å². The Balaban J connectivity index is 2.47. The van der Waals surface area contributed by atoms with Crippen molar-refractivity contribution in [2.75, 3.05) is 0 Å². The number of alkyl halides is 3. The molecule has 3 nitrogen and oxygen atoms in total. The molecule has 0 aliphatic rings. The molecule has 0 amide bonds. The molecule has 1 N–H and O–H groups in total. The standard InChI is InChI=1S/C15H12ClF3O3S/c1-14(20,15(17,18)19)10-6-8-11(9-7-10)23(21,22)13-5-3-2-4-12(13)16/h2-9,20H,1H3. The molecule has 0 spiro atoms. The van der Waals surface area contributed by atoms with Crippen molar-refractivity contribution >= 4 is 21.4 Å². The van der Waals surface area contributed by atoms with Crippen LogP contribution in [0.1, 0.15) is 12.5 Å². The van der Waals surface area contributed by atoms with Crippen LogP contribution >= 0.6 is 11.6 Å². The second-order valence-corrected chi connectivity index (χ2v) is 7.35. The number of aliphatic hydroxyl groups is 1. The first-order chi connectivity index (χ1) is 10.5. The molecule has 0 radical (unpaired) electrons. The van der Waals surface area contributed by atoms with Crippen LogP contribution in [0.3, 0.4) is 0 Å². The fourth-order valence-corrected chi connectivity index (χ4v) is 3.68. The molecule has 0 fully saturated rings. The molecule has 1 atom stereocenters. The second-order valence-electron chi connectivity index (χ2n) is 5.03. The molecule has 124 valence electrons. The van der Waals surface area contributed by atoms with E-state index in [1.807, 2.05) is 0 Å².